The van der Waals surface area contributed by atoms with Gasteiger partial charge in [0, 0.05) is 28.5 Å². The van der Waals surface area contributed by atoms with Gasteiger partial charge in [0.05, 0.1) is 0 Å². The van der Waals surface area contributed by atoms with Crippen molar-refractivity contribution in [1.29, 1.82) is 0 Å². The SMILES string of the molecule is Clc1ccc(C(CNC2CC2)C2CCCCC2)c(Cl)c1. The van der Waals surface area contributed by atoms with Gasteiger partial charge in [-0.2, -0.15) is 0 Å². The van der Waals surface area contributed by atoms with E-state index in [0.29, 0.717) is 5.92 Å². The highest BCUT2D eigenvalue weighted by molar-refractivity contribution is 6.35. The fourth-order valence-electron chi connectivity index (χ4n) is 3.45. The van der Waals surface area contributed by atoms with Crippen molar-refractivity contribution in [1.82, 2.24) is 5.32 Å². The molecular formula is C17H23Cl2N. The Labute approximate surface area is 132 Å². The zero-order chi connectivity index (χ0) is 13.9. The average Bonchev–Trinajstić information content (AvgIpc) is 3.26. The number of nitrogens with one attached hydrogen (secondary N) is 1. The van der Waals surface area contributed by atoms with Crippen LogP contribution in [0.1, 0.15) is 56.4 Å². The van der Waals surface area contributed by atoms with Crippen LogP contribution in [0.3, 0.4) is 0 Å². The molecule has 1 aromatic carbocycles. The quantitative estimate of drug-likeness (QED) is 0.766. The molecule has 0 aliphatic heterocycles. The van der Waals surface area contributed by atoms with Gasteiger partial charge >= 0.3 is 0 Å². The van der Waals surface area contributed by atoms with Gasteiger partial charge in [-0.3, -0.25) is 0 Å². The smallest absolute Gasteiger partial charge is 0.0456 e. The summed E-state index contributed by atoms with van der Waals surface area (Å²) in [4.78, 5) is 0. The van der Waals surface area contributed by atoms with E-state index in [2.05, 4.69) is 11.4 Å². The second kappa shape index (κ2) is 6.68. The molecule has 3 heteroatoms. The van der Waals surface area contributed by atoms with E-state index < -0.39 is 0 Å². The molecule has 1 unspecified atom stereocenters. The molecule has 0 aromatic heterocycles. The fourth-order valence-corrected chi connectivity index (χ4v) is 4.00. The molecule has 110 valence electrons. The van der Waals surface area contributed by atoms with E-state index >= 15 is 0 Å². The van der Waals surface area contributed by atoms with Gasteiger partial charge < -0.3 is 5.32 Å². The van der Waals surface area contributed by atoms with Crippen molar-refractivity contribution >= 4 is 23.2 Å². The van der Waals surface area contributed by atoms with E-state index in [1.807, 2.05) is 12.1 Å². The van der Waals surface area contributed by atoms with E-state index in [1.165, 1.54) is 50.5 Å². The first-order valence-corrected chi connectivity index (χ1v) is 8.68. The van der Waals surface area contributed by atoms with Gasteiger partial charge in [-0.25, -0.2) is 0 Å². The Morgan fingerprint density at radius 2 is 1.80 bits per heavy atom. The first-order chi connectivity index (χ1) is 9.74. The van der Waals surface area contributed by atoms with Crippen LogP contribution in [0.5, 0.6) is 0 Å². The lowest BCUT2D eigenvalue weighted by atomic mass is 9.76. The molecule has 2 aliphatic carbocycles. The largest absolute Gasteiger partial charge is 0.313 e. The zero-order valence-corrected chi connectivity index (χ0v) is 13.4. The molecule has 1 N–H and O–H groups in total. The molecule has 0 heterocycles. The monoisotopic (exact) mass is 311 g/mol. The second-order valence-corrected chi connectivity index (χ2v) is 7.20. The van der Waals surface area contributed by atoms with Crippen molar-refractivity contribution in [3.05, 3.63) is 33.8 Å². The Morgan fingerprint density at radius 3 is 2.45 bits per heavy atom. The average molecular weight is 312 g/mol. The standard InChI is InChI=1S/C17H23Cl2N/c18-13-6-9-15(17(19)10-13)16(11-20-14-7-8-14)12-4-2-1-3-5-12/h6,9-10,12,14,16,20H,1-5,7-8,11H2. The summed E-state index contributed by atoms with van der Waals surface area (Å²) in [5.41, 5.74) is 1.29. The van der Waals surface area contributed by atoms with Crippen LogP contribution in [0.15, 0.2) is 18.2 Å². The Hall–Kier alpha value is -0.240. The van der Waals surface area contributed by atoms with Gasteiger partial charge in [-0.05, 0) is 49.3 Å². The van der Waals surface area contributed by atoms with Gasteiger partial charge in [0.25, 0.3) is 0 Å². The second-order valence-electron chi connectivity index (χ2n) is 6.35. The molecule has 1 nitrogen and oxygen atoms in total. The first kappa shape index (κ1) is 14.7. The lowest BCUT2D eigenvalue weighted by molar-refractivity contribution is 0.296. The third kappa shape index (κ3) is 3.69. The zero-order valence-electron chi connectivity index (χ0n) is 11.9. The van der Waals surface area contributed by atoms with Gasteiger partial charge in [-0.1, -0.05) is 48.5 Å². The summed E-state index contributed by atoms with van der Waals surface area (Å²) in [6.45, 7) is 1.07. The van der Waals surface area contributed by atoms with E-state index in [1.54, 1.807) is 0 Å². The maximum absolute atomic E-state index is 6.46. The third-order valence-electron chi connectivity index (χ3n) is 4.78. The Bertz CT molecular complexity index is 450. The minimum absolute atomic E-state index is 0.542. The highest BCUT2D eigenvalue weighted by Crippen LogP contribution is 2.39. The van der Waals surface area contributed by atoms with Gasteiger partial charge in [0.1, 0.15) is 0 Å². The molecule has 0 saturated heterocycles. The van der Waals surface area contributed by atoms with Crippen LogP contribution in [0.4, 0.5) is 0 Å². The summed E-state index contributed by atoms with van der Waals surface area (Å²) >= 11 is 12.5. The van der Waals surface area contributed by atoms with Crippen molar-refractivity contribution in [3.63, 3.8) is 0 Å². The lowest BCUT2D eigenvalue weighted by Gasteiger charge is -2.31. The Morgan fingerprint density at radius 1 is 1.05 bits per heavy atom. The van der Waals surface area contributed by atoms with Crippen molar-refractivity contribution in [2.45, 2.75) is 56.9 Å². The molecule has 1 aromatic rings. The molecule has 0 spiro atoms. The topological polar surface area (TPSA) is 12.0 Å². The van der Waals surface area contributed by atoms with Gasteiger partial charge in [0.2, 0.25) is 0 Å². The van der Waals surface area contributed by atoms with Crippen LogP contribution in [0.2, 0.25) is 10.0 Å². The predicted molar refractivity (Wildman–Crippen MR) is 86.8 cm³/mol. The number of halogens is 2. The Balaban J connectivity index is 1.78. The molecular weight excluding hydrogens is 289 g/mol. The lowest BCUT2D eigenvalue weighted by Crippen LogP contribution is -2.29. The van der Waals surface area contributed by atoms with E-state index in [-0.39, 0.29) is 0 Å². The fraction of sp³-hybridized carbons (Fsp3) is 0.647. The molecule has 1 atom stereocenters. The summed E-state index contributed by atoms with van der Waals surface area (Å²) in [5, 5.41) is 5.27. The van der Waals surface area contributed by atoms with Crippen LogP contribution >= 0.6 is 23.2 Å². The molecule has 0 bridgehead atoms. The molecule has 2 fully saturated rings. The highest BCUT2D eigenvalue weighted by atomic mass is 35.5. The molecule has 2 saturated carbocycles. The third-order valence-corrected chi connectivity index (χ3v) is 5.35. The Kier molecular flexibility index (Phi) is 4.91. The minimum atomic E-state index is 0.542. The van der Waals surface area contributed by atoms with Gasteiger partial charge in [-0.15, -0.1) is 0 Å². The van der Waals surface area contributed by atoms with E-state index in [4.69, 9.17) is 23.2 Å². The van der Waals surface area contributed by atoms with Crippen molar-refractivity contribution in [3.8, 4) is 0 Å². The maximum atomic E-state index is 6.46. The normalized spacial score (nSPS) is 21.9. The number of hydrogen-bond acceptors (Lipinski definition) is 1. The summed E-state index contributed by atoms with van der Waals surface area (Å²) in [7, 11) is 0. The molecule has 2 aliphatic rings. The van der Waals surface area contributed by atoms with Crippen LogP contribution in [-0.4, -0.2) is 12.6 Å². The highest BCUT2D eigenvalue weighted by Gasteiger charge is 2.29. The number of benzene rings is 1. The maximum Gasteiger partial charge on any atom is 0.0456 e. The molecule has 0 amide bonds. The van der Waals surface area contributed by atoms with Gasteiger partial charge in [0.15, 0.2) is 0 Å². The molecule has 3 rings (SSSR count). The van der Waals surface area contributed by atoms with E-state index in [9.17, 15) is 0 Å². The minimum Gasteiger partial charge on any atom is -0.313 e. The summed E-state index contributed by atoms with van der Waals surface area (Å²) < 4.78 is 0. The molecule has 20 heavy (non-hydrogen) atoms. The van der Waals surface area contributed by atoms with E-state index in [0.717, 1.165) is 28.5 Å². The number of rotatable bonds is 5. The van der Waals surface area contributed by atoms with Crippen molar-refractivity contribution in [2.24, 2.45) is 5.92 Å². The number of hydrogen-bond donors (Lipinski definition) is 1. The summed E-state index contributed by atoms with van der Waals surface area (Å²) in [6.07, 6.45) is 9.50. The summed E-state index contributed by atoms with van der Waals surface area (Å²) in [6, 6.07) is 6.77. The van der Waals surface area contributed by atoms with Crippen molar-refractivity contribution < 1.29 is 0 Å². The molecule has 0 radical (unpaired) electrons. The van der Waals surface area contributed by atoms with Crippen LogP contribution in [0, 0.1) is 5.92 Å². The van der Waals surface area contributed by atoms with Crippen LogP contribution in [-0.2, 0) is 0 Å². The predicted octanol–water partition coefficient (Wildman–Crippen LogP) is 5.41. The van der Waals surface area contributed by atoms with Crippen LogP contribution in [0.25, 0.3) is 0 Å². The van der Waals surface area contributed by atoms with Crippen molar-refractivity contribution in [2.75, 3.05) is 6.54 Å². The summed E-state index contributed by atoms with van der Waals surface area (Å²) in [5.74, 6) is 1.31. The first-order valence-electron chi connectivity index (χ1n) is 7.92. The van der Waals surface area contributed by atoms with Crippen LogP contribution < -0.4 is 5.32 Å².